The summed E-state index contributed by atoms with van der Waals surface area (Å²) in [6.45, 7) is 2.23. The number of rotatable bonds is 5. The quantitative estimate of drug-likeness (QED) is 0.704. The fourth-order valence-corrected chi connectivity index (χ4v) is 3.07. The van der Waals surface area contributed by atoms with Gasteiger partial charge in [0, 0.05) is 38.6 Å². The lowest BCUT2D eigenvalue weighted by Crippen LogP contribution is -2.50. The van der Waals surface area contributed by atoms with Gasteiger partial charge in [-0.25, -0.2) is 9.97 Å². The molecule has 148 valence electrons. The molecule has 1 N–H and O–H groups in total. The summed E-state index contributed by atoms with van der Waals surface area (Å²) < 4.78 is 5.16. The van der Waals surface area contributed by atoms with E-state index in [1.54, 1.807) is 40.4 Å². The van der Waals surface area contributed by atoms with Crippen LogP contribution in [0.25, 0.3) is 0 Å². The zero-order valence-electron chi connectivity index (χ0n) is 15.7. The van der Waals surface area contributed by atoms with Crippen molar-refractivity contribution >= 4 is 17.8 Å². The van der Waals surface area contributed by atoms with E-state index < -0.39 is 0 Å². The highest BCUT2D eigenvalue weighted by atomic mass is 16.3. The van der Waals surface area contributed by atoms with Crippen LogP contribution < -0.4 is 5.32 Å². The molecule has 29 heavy (non-hydrogen) atoms. The third kappa shape index (κ3) is 4.40. The van der Waals surface area contributed by atoms with Gasteiger partial charge in [0.05, 0.1) is 18.5 Å². The number of nitrogens with one attached hydrogen (secondary N) is 1. The van der Waals surface area contributed by atoms with Crippen molar-refractivity contribution in [3.8, 4) is 0 Å². The van der Waals surface area contributed by atoms with E-state index in [2.05, 4.69) is 20.3 Å². The zero-order valence-corrected chi connectivity index (χ0v) is 15.7. The average molecular weight is 392 g/mol. The van der Waals surface area contributed by atoms with E-state index in [-0.39, 0.29) is 11.8 Å². The van der Waals surface area contributed by atoms with Crippen LogP contribution >= 0.6 is 0 Å². The normalized spacial score (nSPS) is 13.9. The molecule has 1 saturated heterocycles. The van der Waals surface area contributed by atoms with Gasteiger partial charge in [-0.05, 0) is 30.3 Å². The first-order valence-corrected chi connectivity index (χ1v) is 9.29. The molecule has 3 aromatic heterocycles. The van der Waals surface area contributed by atoms with E-state index in [9.17, 15) is 9.59 Å². The number of hydrogen-bond donors (Lipinski definition) is 1. The van der Waals surface area contributed by atoms with E-state index in [1.165, 1.54) is 6.26 Å². The molecule has 9 heteroatoms. The van der Waals surface area contributed by atoms with Crippen LogP contribution in [0, 0.1) is 0 Å². The van der Waals surface area contributed by atoms with Crippen LogP contribution in [0.1, 0.15) is 26.7 Å². The highest BCUT2D eigenvalue weighted by Crippen LogP contribution is 2.12. The van der Waals surface area contributed by atoms with Gasteiger partial charge in [0.2, 0.25) is 5.95 Å². The van der Waals surface area contributed by atoms with Gasteiger partial charge in [0.15, 0.2) is 5.76 Å². The number of aromatic nitrogens is 3. The molecule has 0 atom stereocenters. The molecule has 1 aliphatic heterocycles. The van der Waals surface area contributed by atoms with E-state index >= 15 is 0 Å². The predicted molar refractivity (Wildman–Crippen MR) is 104 cm³/mol. The minimum absolute atomic E-state index is 0.162. The Kier molecular flexibility index (Phi) is 5.46. The van der Waals surface area contributed by atoms with Crippen LogP contribution in [0.15, 0.2) is 59.5 Å². The Bertz CT molecular complexity index is 969. The molecule has 0 bridgehead atoms. The Balaban J connectivity index is 1.34. The largest absolute Gasteiger partial charge is 0.459 e. The molecule has 3 aromatic rings. The molecule has 0 unspecified atom stereocenters. The maximum atomic E-state index is 12.8. The summed E-state index contributed by atoms with van der Waals surface area (Å²) in [6.07, 6.45) is 4.74. The number of nitrogens with zero attached hydrogens (tertiary/aromatic N) is 5. The number of furan rings is 1. The lowest BCUT2D eigenvalue weighted by Gasteiger charge is -2.34. The van der Waals surface area contributed by atoms with Crippen molar-refractivity contribution < 1.29 is 14.0 Å². The number of piperazine rings is 1. The number of amides is 2. The monoisotopic (exact) mass is 392 g/mol. The van der Waals surface area contributed by atoms with Crippen LogP contribution in [0.4, 0.5) is 5.95 Å². The number of pyridine rings is 1. The van der Waals surface area contributed by atoms with E-state index in [4.69, 9.17) is 4.42 Å². The molecule has 2 amide bonds. The summed E-state index contributed by atoms with van der Waals surface area (Å²) >= 11 is 0. The second-order valence-corrected chi connectivity index (χ2v) is 6.50. The summed E-state index contributed by atoms with van der Waals surface area (Å²) in [5, 5.41) is 3.08. The first kappa shape index (κ1) is 18.6. The smallest absolute Gasteiger partial charge is 0.289 e. The maximum Gasteiger partial charge on any atom is 0.289 e. The fraction of sp³-hybridized carbons (Fsp3) is 0.250. The lowest BCUT2D eigenvalue weighted by atomic mass is 10.2. The number of hydrogen-bond acceptors (Lipinski definition) is 7. The molecular weight excluding hydrogens is 372 g/mol. The van der Waals surface area contributed by atoms with E-state index in [0.29, 0.717) is 50.1 Å². The van der Waals surface area contributed by atoms with Gasteiger partial charge in [-0.1, -0.05) is 6.07 Å². The second-order valence-electron chi connectivity index (χ2n) is 6.50. The van der Waals surface area contributed by atoms with Crippen molar-refractivity contribution in [2.75, 3.05) is 31.5 Å². The SMILES string of the molecule is O=C(c1ccnc(NCc2ccccn2)n1)N1CCN(C(=O)c2ccco2)CC1. The van der Waals surface area contributed by atoms with Gasteiger partial charge in [0.25, 0.3) is 11.8 Å². The highest BCUT2D eigenvalue weighted by molar-refractivity contribution is 5.93. The standard InChI is InChI=1S/C20H20N6O3/c27-18(25-9-11-26(12-10-25)19(28)17-5-3-13-29-17)16-6-8-22-20(24-16)23-14-15-4-1-2-7-21-15/h1-8,13H,9-12,14H2,(H,22,23,24). The van der Waals surface area contributed by atoms with Gasteiger partial charge in [-0.3, -0.25) is 14.6 Å². The molecule has 0 aliphatic carbocycles. The van der Waals surface area contributed by atoms with Crippen molar-refractivity contribution in [1.29, 1.82) is 0 Å². The molecule has 0 saturated carbocycles. The Morgan fingerprint density at radius 2 is 1.72 bits per heavy atom. The third-order valence-electron chi connectivity index (χ3n) is 4.61. The molecule has 0 aromatic carbocycles. The van der Waals surface area contributed by atoms with Gasteiger partial charge in [0.1, 0.15) is 5.69 Å². The van der Waals surface area contributed by atoms with E-state index in [1.807, 2.05) is 18.2 Å². The molecule has 9 nitrogen and oxygen atoms in total. The van der Waals surface area contributed by atoms with Crippen molar-refractivity contribution in [3.05, 3.63) is 72.2 Å². The molecular formula is C20H20N6O3. The summed E-state index contributed by atoms with van der Waals surface area (Å²) in [6, 6.07) is 10.6. The first-order chi connectivity index (χ1) is 14.2. The zero-order chi connectivity index (χ0) is 20.1. The Morgan fingerprint density at radius 3 is 2.41 bits per heavy atom. The number of carbonyl (C=O) groups is 2. The Labute approximate surface area is 167 Å². The summed E-state index contributed by atoms with van der Waals surface area (Å²) in [7, 11) is 0. The van der Waals surface area contributed by atoms with Gasteiger partial charge < -0.3 is 19.5 Å². The summed E-state index contributed by atoms with van der Waals surface area (Å²) in [4.78, 5) is 41.2. The predicted octanol–water partition coefficient (Wildman–Crippen LogP) is 1.67. The summed E-state index contributed by atoms with van der Waals surface area (Å²) in [5.41, 5.74) is 1.17. The Hall–Kier alpha value is -3.75. The van der Waals surface area contributed by atoms with Crippen LogP contribution in [0.3, 0.4) is 0 Å². The van der Waals surface area contributed by atoms with Gasteiger partial charge in [-0.15, -0.1) is 0 Å². The molecule has 0 spiro atoms. The minimum atomic E-state index is -0.182. The van der Waals surface area contributed by atoms with Gasteiger partial charge >= 0.3 is 0 Å². The van der Waals surface area contributed by atoms with Crippen molar-refractivity contribution in [2.45, 2.75) is 6.54 Å². The van der Waals surface area contributed by atoms with Crippen molar-refractivity contribution in [1.82, 2.24) is 24.8 Å². The van der Waals surface area contributed by atoms with Crippen molar-refractivity contribution in [2.24, 2.45) is 0 Å². The number of anilines is 1. The molecule has 4 heterocycles. The van der Waals surface area contributed by atoms with Gasteiger partial charge in [-0.2, -0.15) is 0 Å². The molecule has 1 aliphatic rings. The van der Waals surface area contributed by atoms with Crippen LogP contribution in [-0.4, -0.2) is 62.7 Å². The number of carbonyl (C=O) groups excluding carboxylic acids is 2. The lowest BCUT2D eigenvalue weighted by molar-refractivity contribution is 0.0515. The molecule has 1 fully saturated rings. The molecule has 0 radical (unpaired) electrons. The minimum Gasteiger partial charge on any atom is -0.459 e. The van der Waals surface area contributed by atoms with Crippen LogP contribution in [0.5, 0.6) is 0 Å². The first-order valence-electron chi connectivity index (χ1n) is 9.29. The maximum absolute atomic E-state index is 12.8. The van der Waals surface area contributed by atoms with E-state index in [0.717, 1.165) is 5.69 Å². The van der Waals surface area contributed by atoms with Crippen LogP contribution in [0.2, 0.25) is 0 Å². The third-order valence-corrected chi connectivity index (χ3v) is 4.61. The topological polar surface area (TPSA) is 104 Å². The average Bonchev–Trinajstić information content (AvgIpc) is 3.33. The second kappa shape index (κ2) is 8.51. The summed E-state index contributed by atoms with van der Waals surface area (Å²) in [5.74, 6) is 0.334. The van der Waals surface area contributed by atoms with Crippen molar-refractivity contribution in [3.63, 3.8) is 0 Å². The Morgan fingerprint density at radius 1 is 0.931 bits per heavy atom. The highest BCUT2D eigenvalue weighted by Gasteiger charge is 2.27. The fourth-order valence-electron chi connectivity index (χ4n) is 3.07. The van der Waals surface area contributed by atoms with Crippen LogP contribution in [-0.2, 0) is 6.54 Å². The molecule has 4 rings (SSSR count).